The molecular weight excluding hydrogens is 236 g/mol. The fourth-order valence-electron chi connectivity index (χ4n) is 2.02. The van der Waals surface area contributed by atoms with Crippen LogP contribution in [-0.2, 0) is 13.1 Å². The van der Waals surface area contributed by atoms with Crippen molar-refractivity contribution in [1.29, 1.82) is 0 Å². The first-order valence-corrected chi connectivity index (χ1v) is 6.39. The van der Waals surface area contributed by atoms with Gasteiger partial charge < -0.3 is 15.8 Å². The average molecular weight is 256 g/mol. The van der Waals surface area contributed by atoms with Gasteiger partial charge in [-0.05, 0) is 35.7 Å². The Hall–Kier alpha value is -2.00. The Kier molecular flexibility index (Phi) is 4.42. The molecular formula is C16H20N2O. The first-order chi connectivity index (χ1) is 9.22. The minimum absolute atomic E-state index is 0.571. The van der Waals surface area contributed by atoms with Crippen LogP contribution >= 0.6 is 0 Å². The van der Waals surface area contributed by atoms with Gasteiger partial charge in [-0.25, -0.2) is 0 Å². The number of anilines is 1. The highest BCUT2D eigenvalue weighted by molar-refractivity contribution is 5.58. The summed E-state index contributed by atoms with van der Waals surface area (Å²) in [5.41, 5.74) is 10.2. The maximum atomic E-state index is 5.65. The van der Waals surface area contributed by atoms with Crippen molar-refractivity contribution < 1.29 is 4.74 Å². The molecule has 0 saturated carbocycles. The zero-order valence-corrected chi connectivity index (χ0v) is 11.4. The first-order valence-electron chi connectivity index (χ1n) is 6.39. The van der Waals surface area contributed by atoms with E-state index < -0.39 is 0 Å². The van der Waals surface area contributed by atoms with E-state index in [0.717, 1.165) is 23.5 Å². The van der Waals surface area contributed by atoms with Crippen LogP contribution in [0.3, 0.4) is 0 Å². The number of hydrogen-bond acceptors (Lipinski definition) is 3. The van der Waals surface area contributed by atoms with E-state index in [2.05, 4.69) is 30.4 Å². The summed E-state index contributed by atoms with van der Waals surface area (Å²) in [6.45, 7) is 3.40. The first kappa shape index (κ1) is 13.4. The van der Waals surface area contributed by atoms with Gasteiger partial charge in [-0.2, -0.15) is 0 Å². The van der Waals surface area contributed by atoms with E-state index in [0.29, 0.717) is 6.54 Å². The van der Waals surface area contributed by atoms with E-state index in [9.17, 15) is 0 Å². The van der Waals surface area contributed by atoms with Crippen LogP contribution in [0.15, 0.2) is 42.5 Å². The van der Waals surface area contributed by atoms with Crippen LogP contribution < -0.4 is 15.8 Å². The molecule has 0 aromatic heterocycles. The van der Waals surface area contributed by atoms with Crippen molar-refractivity contribution in [2.75, 3.05) is 12.4 Å². The Morgan fingerprint density at radius 2 is 1.89 bits per heavy atom. The molecule has 0 saturated heterocycles. The molecule has 0 aliphatic carbocycles. The minimum atomic E-state index is 0.571. The van der Waals surface area contributed by atoms with Gasteiger partial charge in [0.25, 0.3) is 0 Å². The number of nitrogens with two attached hydrogens (primary N) is 1. The predicted octanol–water partition coefficient (Wildman–Crippen LogP) is 3.07. The van der Waals surface area contributed by atoms with Gasteiger partial charge in [0.1, 0.15) is 5.75 Å². The highest BCUT2D eigenvalue weighted by Gasteiger charge is 2.03. The smallest absolute Gasteiger partial charge is 0.141 e. The highest BCUT2D eigenvalue weighted by atomic mass is 16.5. The predicted molar refractivity (Wildman–Crippen MR) is 79.4 cm³/mol. The van der Waals surface area contributed by atoms with Gasteiger partial charge in [0.05, 0.1) is 12.8 Å². The molecule has 0 heterocycles. The second-order valence-electron chi connectivity index (χ2n) is 4.58. The molecule has 0 radical (unpaired) electrons. The quantitative estimate of drug-likeness (QED) is 0.864. The third-order valence-electron chi connectivity index (χ3n) is 3.07. The van der Waals surface area contributed by atoms with Crippen LogP contribution in [0.25, 0.3) is 0 Å². The lowest BCUT2D eigenvalue weighted by Gasteiger charge is -2.12. The summed E-state index contributed by atoms with van der Waals surface area (Å²) in [4.78, 5) is 0. The van der Waals surface area contributed by atoms with Gasteiger partial charge >= 0.3 is 0 Å². The van der Waals surface area contributed by atoms with Crippen molar-refractivity contribution in [1.82, 2.24) is 0 Å². The topological polar surface area (TPSA) is 47.3 Å². The van der Waals surface area contributed by atoms with Crippen molar-refractivity contribution >= 4 is 5.69 Å². The molecule has 100 valence electrons. The maximum absolute atomic E-state index is 5.65. The summed E-state index contributed by atoms with van der Waals surface area (Å²) in [5.74, 6) is 0.862. The van der Waals surface area contributed by atoms with Crippen LogP contribution in [0.5, 0.6) is 5.75 Å². The van der Waals surface area contributed by atoms with E-state index in [4.69, 9.17) is 10.5 Å². The van der Waals surface area contributed by atoms with Gasteiger partial charge in [0, 0.05) is 13.1 Å². The molecule has 0 atom stereocenters. The van der Waals surface area contributed by atoms with Gasteiger partial charge in [0.2, 0.25) is 0 Å². The molecule has 3 heteroatoms. The van der Waals surface area contributed by atoms with Gasteiger partial charge in [-0.3, -0.25) is 0 Å². The number of aryl methyl sites for hydroxylation is 1. The summed E-state index contributed by atoms with van der Waals surface area (Å²) in [6, 6.07) is 14.4. The lowest BCUT2D eigenvalue weighted by atomic mass is 10.1. The van der Waals surface area contributed by atoms with Crippen LogP contribution in [-0.4, -0.2) is 7.11 Å². The van der Waals surface area contributed by atoms with Crippen molar-refractivity contribution in [3.05, 3.63) is 59.2 Å². The summed E-state index contributed by atoms with van der Waals surface area (Å²) < 4.78 is 5.35. The maximum Gasteiger partial charge on any atom is 0.141 e. The van der Waals surface area contributed by atoms with Crippen LogP contribution in [0, 0.1) is 6.92 Å². The van der Waals surface area contributed by atoms with E-state index >= 15 is 0 Å². The molecule has 0 bridgehead atoms. The largest absolute Gasteiger partial charge is 0.495 e. The number of rotatable bonds is 5. The Bertz CT molecular complexity index is 552. The Morgan fingerprint density at radius 1 is 1.11 bits per heavy atom. The minimum Gasteiger partial charge on any atom is -0.495 e. The van der Waals surface area contributed by atoms with Gasteiger partial charge in [-0.15, -0.1) is 0 Å². The summed E-state index contributed by atoms with van der Waals surface area (Å²) >= 11 is 0. The summed E-state index contributed by atoms with van der Waals surface area (Å²) in [5, 5.41) is 3.41. The second kappa shape index (κ2) is 6.25. The lowest BCUT2D eigenvalue weighted by molar-refractivity contribution is 0.416. The molecule has 0 fully saturated rings. The Balaban J connectivity index is 2.11. The molecule has 0 amide bonds. The number of nitrogens with one attached hydrogen (secondary N) is 1. The lowest BCUT2D eigenvalue weighted by Crippen LogP contribution is -2.03. The van der Waals surface area contributed by atoms with E-state index in [1.54, 1.807) is 7.11 Å². The standard InChI is InChI=1S/C16H20N2O/c1-12-6-7-16(19-2)15(8-12)18-11-14-5-3-4-13(9-14)10-17/h3-9,18H,10-11,17H2,1-2H3. The number of ether oxygens (including phenoxy) is 1. The number of hydrogen-bond donors (Lipinski definition) is 2. The fourth-order valence-corrected chi connectivity index (χ4v) is 2.02. The van der Waals surface area contributed by atoms with Crippen LogP contribution in [0.1, 0.15) is 16.7 Å². The zero-order chi connectivity index (χ0) is 13.7. The van der Waals surface area contributed by atoms with E-state index in [-0.39, 0.29) is 0 Å². The van der Waals surface area contributed by atoms with Gasteiger partial charge in [-0.1, -0.05) is 30.3 Å². The Labute approximate surface area is 114 Å². The third-order valence-corrected chi connectivity index (χ3v) is 3.07. The molecule has 3 nitrogen and oxygen atoms in total. The van der Waals surface area contributed by atoms with Crippen molar-refractivity contribution in [3.63, 3.8) is 0 Å². The molecule has 2 aromatic carbocycles. The molecule has 2 rings (SSSR count). The monoisotopic (exact) mass is 256 g/mol. The molecule has 19 heavy (non-hydrogen) atoms. The fraction of sp³-hybridized carbons (Fsp3) is 0.250. The molecule has 0 spiro atoms. The average Bonchev–Trinajstić information content (AvgIpc) is 2.45. The molecule has 0 unspecified atom stereocenters. The molecule has 3 N–H and O–H groups in total. The van der Waals surface area contributed by atoms with Gasteiger partial charge in [0.15, 0.2) is 0 Å². The molecule has 2 aromatic rings. The van der Waals surface area contributed by atoms with Crippen molar-refractivity contribution in [2.45, 2.75) is 20.0 Å². The zero-order valence-electron chi connectivity index (χ0n) is 11.4. The highest BCUT2D eigenvalue weighted by Crippen LogP contribution is 2.25. The number of methoxy groups -OCH3 is 1. The normalized spacial score (nSPS) is 10.3. The second-order valence-corrected chi connectivity index (χ2v) is 4.58. The van der Waals surface area contributed by atoms with E-state index in [1.807, 2.05) is 24.3 Å². The number of benzene rings is 2. The molecule has 0 aliphatic rings. The van der Waals surface area contributed by atoms with E-state index in [1.165, 1.54) is 11.1 Å². The summed E-state index contributed by atoms with van der Waals surface area (Å²) in [7, 11) is 1.69. The Morgan fingerprint density at radius 3 is 2.63 bits per heavy atom. The molecule has 0 aliphatic heterocycles. The third kappa shape index (κ3) is 3.48. The van der Waals surface area contributed by atoms with Crippen LogP contribution in [0.4, 0.5) is 5.69 Å². The SMILES string of the molecule is COc1ccc(C)cc1NCc1cccc(CN)c1. The van der Waals surface area contributed by atoms with Crippen molar-refractivity contribution in [3.8, 4) is 5.75 Å². The van der Waals surface area contributed by atoms with Crippen molar-refractivity contribution in [2.24, 2.45) is 5.73 Å². The summed E-state index contributed by atoms with van der Waals surface area (Å²) in [6.07, 6.45) is 0. The van der Waals surface area contributed by atoms with Crippen LogP contribution in [0.2, 0.25) is 0 Å².